The molecule has 9 nitrogen and oxygen atoms in total. The van der Waals surface area contributed by atoms with E-state index in [1.165, 1.54) is 6.42 Å². The lowest BCUT2D eigenvalue weighted by atomic mass is 9.92. The minimum Gasteiger partial charge on any atom is -0.480 e. The van der Waals surface area contributed by atoms with E-state index in [4.69, 9.17) is 14.7 Å². The van der Waals surface area contributed by atoms with Gasteiger partial charge in [-0.25, -0.2) is 4.98 Å². The first-order chi connectivity index (χ1) is 20.7. The summed E-state index contributed by atoms with van der Waals surface area (Å²) in [7, 11) is 5.82. The van der Waals surface area contributed by atoms with Crippen molar-refractivity contribution in [2.75, 3.05) is 50.6 Å². The Kier molecular flexibility index (Phi) is 8.27. The van der Waals surface area contributed by atoms with Crippen LogP contribution in [-0.2, 0) is 11.8 Å². The van der Waals surface area contributed by atoms with Crippen molar-refractivity contribution in [3.8, 4) is 5.75 Å². The van der Waals surface area contributed by atoms with Crippen LogP contribution in [0, 0.1) is 17.8 Å². The van der Waals surface area contributed by atoms with Crippen LogP contribution in [0.3, 0.4) is 0 Å². The van der Waals surface area contributed by atoms with Crippen molar-refractivity contribution in [1.29, 1.82) is 0 Å². The minimum atomic E-state index is -0.262. The number of ether oxygens (including phenoxy) is 1. The molecule has 3 aliphatic rings. The van der Waals surface area contributed by atoms with Crippen molar-refractivity contribution in [3.63, 3.8) is 0 Å². The third-order valence-corrected chi connectivity index (χ3v) is 8.72. The number of fused-ring (bicyclic) bond motifs is 1. The average molecular weight is 584 g/mol. The number of nitrogens with zero attached hydrogens (tertiary/aromatic N) is 5. The number of hydrogen-bond acceptors (Lipinski definition) is 8. The lowest BCUT2D eigenvalue weighted by molar-refractivity contribution is -0.118. The number of carbonyl (C=O) groups excluding carboxylic acids is 1. The first-order valence-electron chi connectivity index (χ1n) is 15.6. The van der Waals surface area contributed by atoms with Crippen LogP contribution in [0.2, 0.25) is 0 Å². The second-order valence-electron chi connectivity index (χ2n) is 13.1. The number of ketones is 1. The van der Waals surface area contributed by atoms with Gasteiger partial charge in [0, 0.05) is 43.0 Å². The number of aryl methyl sites for hydroxylation is 1. The quantitative estimate of drug-likeness (QED) is 0.310. The van der Waals surface area contributed by atoms with Crippen molar-refractivity contribution >= 4 is 34.1 Å². The maximum absolute atomic E-state index is 13.1. The van der Waals surface area contributed by atoms with E-state index in [1.807, 2.05) is 44.6 Å². The number of aromatic nitrogens is 3. The molecule has 1 aromatic carbocycles. The molecule has 0 spiro atoms. The van der Waals surface area contributed by atoms with Gasteiger partial charge in [-0.2, -0.15) is 4.98 Å². The Bertz CT molecular complexity index is 1600. The monoisotopic (exact) mass is 583 g/mol. The minimum absolute atomic E-state index is 0.0814. The third-order valence-electron chi connectivity index (χ3n) is 8.72. The maximum Gasteiger partial charge on any atom is 0.293 e. The number of piperidine rings is 1. The van der Waals surface area contributed by atoms with Gasteiger partial charge in [0.15, 0.2) is 11.5 Å². The zero-order chi connectivity index (χ0) is 30.2. The number of rotatable bonds is 12. The molecule has 1 saturated heterocycles. The molecule has 0 bridgehead atoms. The van der Waals surface area contributed by atoms with E-state index in [0.29, 0.717) is 17.8 Å². The average Bonchev–Trinajstić information content (AvgIpc) is 3.89. The van der Waals surface area contributed by atoms with Gasteiger partial charge >= 0.3 is 0 Å². The molecule has 1 saturated carbocycles. The van der Waals surface area contributed by atoms with Crippen molar-refractivity contribution in [2.24, 2.45) is 18.9 Å². The van der Waals surface area contributed by atoms with Crippen molar-refractivity contribution in [2.45, 2.75) is 51.9 Å². The fraction of sp³-hybridized carbons (Fsp3) is 0.500. The van der Waals surface area contributed by atoms with E-state index in [1.54, 1.807) is 17.7 Å². The topological polar surface area (TPSA) is 92.6 Å². The second kappa shape index (κ2) is 12.1. The van der Waals surface area contributed by atoms with Gasteiger partial charge in [0.2, 0.25) is 5.95 Å². The number of hydrogen-bond donors (Lipinski definition) is 1. The molecule has 3 heterocycles. The molecule has 2 fully saturated rings. The normalized spacial score (nSPS) is 20.4. The van der Waals surface area contributed by atoms with Gasteiger partial charge in [0.05, 0.1) is 11.4 Å². The third kappa shape index (κ3) is 6.77. The summed E-state index contributed by atoms with van der Waals surface area (Å²) in [6, 6.07) is 7.66. The van der Waals surface area contributed by atoms with Crippen LogP contribution >= 0.6 is 0 Å². The van der Waals surface area contributed by atoms with Gasteiger partial charge in [-0.1, -0.05) is 25.5 Å². The molecule has 2 aliphatic carbocycles. The Hall–Kier alpha value is -3.72. The van der Waals surface area contributed by atoms with Gasteiger partial charge < -0.3 is 24.4 Å². The van der Waals surface area contributed by atoms with Gasteiger partial charge in [0.1, 0.15) is 12.4 Å². The van der Waals surface area contributed by atoms with Crippen molar-refractivity contribution in [1.82, 2.24) is 19.4 Å². The van der Waals surface area contributed by atoms with Gasteiger partial charge in [-0.15, -0.1) is 0 Å². The lowest BCUT2D eigenvalue weighted by Crippen LogP contribution is -2.39. The van der Waals surface area contributed by atoms with Gasteiger partial charge in [-0.05, 0) is 94.8 Å². The number of Topliss-reactive ketones (excluding diaryl/α,β-unsaturated/α-hetero) is 1. The number of pyridine rings is 1. The Labute approximate surface area is 254 Å². The predicted octanol–water partition coefficient (Wildman–Crippen LogP) is 5.24. The number of nitrogens with one attached hydrogen (secondary N) is 1. The highest BCUT2D eigenvalue weighted by atomic mass is 16.5. The van der Waals surface area contributed by atoms with E-state index in [-0.39, 0.29) is 23.7 Å². The van der Waals surface area contributed by atoms with Crippen LogP contribution in [0.15, 0.2) is 46.9 Å². The van der Waals surface area contributed by atoms with Crippen molar-refractivity contribution in [3.05, 3.63) is 63.9 Å². The number of allylic oxidation sites excluding steroid dienone is 2. The molecule has 1 radical (unpaired) electrons. The molecule has 3 aromatic rings. The Morgan fingerprint density at radius 2 is 1.91 bits per heavy atom. The first-order valence-corrected chi connectivity index (χ1v) is 15.6. The van der Waals surface area contributed by atoms with Crippen LogP contribution < -0.4 is 20.5 Å². The first kappa shape index (κ1) is 29.4. The molecule has 43 heavy (non-hydrogen) atoms. The van der Waals surface area contributed by atoms with Crippen LogP contribution in [0.1, 0.15) is 57.4 Å². The standard InChI is InChI=1S/C34H43N6O3/c1-21-13-22(2)19-40(18-21)34-35-17-28(23-8-9-23)32(37-34)36-26-10-11-29-25(14-26)16-31(33(42)39(29)5)43-20-30(41)27-15-24(27)7-6-12-38(3)4/h10-11,14-17,21-23H,6-9,12-13,18-20H2,1-5H3,(H,35,36,37)/t21-,22+. The van der Waals surface area contributed by atoms with Crippen LogP contribution in [0.5, 0.6) is 5.75 Å². The number of anilines is 3. The zero-order valence-electron chi connectivity index (χ0n) is 26.0. The fourth-order valence-corrected chi connectivity index (χ4v) is 6.34. The van der Waals surface area contributed by atoms with Crippen molar-refractivity contribution < 1.29 is 9.53 Å². The van der Waals surface area contributed by atoms with E-state index in [0.717, 1.165) is 90.7 Å². The Morgan fingerprint density at radius 3 is 2.63 bits per heavy atom. The molecule has 227 valence electrons. The molecule has 6 rings (SSSR count). The lowest BCUT2D eigenvalue weighted by Gasteiger charge is -2.35. The highest BCUT2D eigenvalue weighted by molar-refractivity contribution is 6.05. The zero-order valence-corrected chi connectivity index (χ0v) is 26.0. The summed E-state index contributed by atoms with van der Waals surface area (Å²) in [6.45, 7) is 7.36. The van der Waals surface area contributed by atoms with Crippen LogP contribution in [0.4, 0.5) is 17.5 Å². The summed E-state index contributed by atoms with van der Waals surface area (Å²) in [5.41, 5.74) is 3.65. The number of benzene rings is 1. The molecule has 2 atom stereocenters. The summed E-state index contributed by atoms with van der Waals surface area (Å²) < 4.78 is 7.38. The molecular weight excluding hydrogens is 540 g/mol. The summed E-state index contributed by atoms with van der Waals surface area (Å²) >= 11 is 0. The molecule has 1 aliphatic heterocycles. The van der Waals surface area contributed by atoms with E-state index in [9.17, 15) is 9.59 Å². The summed E-state index contributed by atoms with van der Waals surface area (Å²) in [5, 5.41) is 4.41. The number of carbonyl (C=O) groups is 1. The molecule has 1 N–H and O–H groups in total. The summed E-state index contributed by atoms with van der Waals surface area (Å²) in [5.74, 6) is 4.17. The SMILES string of the molecule is C[C@@H]1C[C@H](C)CN(c2ncc(C3CC3)c(Nc3ccc4c(c3)cc(OCC(=O)[C]3C=C3CCCN(C)C)c(=O)n4C)n2)C1. The molecule has 0 amide bonds. The predicted molar refractivity (Wildman–Crippen MR) is 171 cm³/mol. The maximum atomic E-state index is 13.1. The fourth-order valence-electron chi connectivity index (χ4n) is 6.34. The Morgan fingerprint density at radius 1 is 1.14 bits per heavy atom. The van der Waals surface area contributed by atoms with E-state index >= 15 is 0 Å². The van der Waals surface area contributed by atoms with Crippen LogP contribution in [0.25, 0.3) is 10.9 Å². The van der Waals surface area contributed by atoms with Gasteiger partial charge in [0.25, 0.3) is 5.56 Å². The second-order valence-corrected chi connectivity index (χ2v) is 13.1. The van der Waals surface area contributed by atoms with E-state index in [2.05, 4.69) is 29.0 Å². The van der Waals surface area contributed by atoms with Crippen LogP contribution in [-0.4, -0.2) is 65.6 Å². The Balaban J connectivity index is 1.18. The smallest absolute Gasteiger partial charge is 0.293 e. The molecular formula is C34H43N6O3. The molecule has 0 unspecified atom stereocenters. The summed E-state index contributed by atoms with van der Waals surface area (Å²) in [4.78, 5) is 40.0. The van der Waals surface area contributed by atoms with Gasteiger partial charge in [-0.3, -0.25) is 9.59 Å². The molecule has 2 aromatic heterocycles. The molecule has 9 heteroatoms. The highest BCUT2D eigenvalue weighted by Gasteiger charge is 2.33. The summed E-state index contributed by atoms with van der Waals surface area (Å²) in [6.07, 6.45) is 9.36. The highest BCUT2D eigenvalue weighted by Crippen LogP contribution is 2.44. The van der Waals surface area contributed by atoms with E-state index < -0.39 is 0 Å². The largest absolute Gasteiger partial charge is 0.480 e.